The van der Waals surface area contributed by atoms with Gasteiger partial charge in [-0.3, -0.25) is 9.69 Å². The van der Waals surface area contributed by atoms with E-state index in [1.165, 1.54) is 4.90 Å². The van der Waals surface area contributed by atoms with Crippen molar-refractivity contribution in [3.8, 4) is 5.75 Å². The van der Waals surface area contributed by atoms with Crippen LogP contribution < -0.4 is 9.64 Å². The summed E-state index contributed by atoms with van der Waals surface area (Å²) in [5, 5.41) is 0. The third kappa shape index (κ3) is 3.33. The summed E-state index contributed by atoms with van der Waals surface area (Å²) in [4.78, 5) is 26.9. The number of aryl methyl sites for hydroxylation is 1. The Balaban J connectivity index is 2.51. The minimum Gasteiger partial charge on any atom is -0.476 e. The van der Waals surface area contributed by atoms with Crippen LogP contribution in [0, 0.1) is 6.92 Å². The molecule has 1 amide bonds. The largest absolute Gasteiger partial charge is 0.476 e. The van der Waals surface area contributed by atoms with E-state index in [9.17, 15) is 9.59 Å². The van der Waals surface area contributed by atoms with Crippen LogP contribution in [0.2, 0.25) is 0 Å². The first-order valence-corrected chi connectivity index (χ1v) is 8.01. The number of amides is 1. The Morgan fingerprint density at radius 1 is 1.35 bits per heavy atom. The molecule has 0 aromatic heterocycles. The highest BCUT2D eigenvalue weighted by molar-refractivity contribution is 6.06. The minimum absolute atomic E-state index is 0.224. The molecule has 5 nitrogen and oxygen atoms in total. The van der Waals surface area contributed by atoms with Crippen LogP contribution in [-0.4, -0.2) is 29.6 Å². The Morgan fingerprint density at radius 3 is 2.57 bits per heavy atom. The molecular formula is C18H25NO4. The van der Waals surface area contributed by atoms with Crippen molar-refractivity contribution >= 4 is 17.6 Å². The number of fused-ring (bicyclic) bond motifs is 1. The van der Waals surface area contributed by atoms with Crippen LogP contribution in [0.3, 0.4) is 0 Å². The van der Waals surface area contributed by atoms with Gasteiger partial charge in [0, 0.05) is 0 Å². The van der Waals surface area contributed by atoms with E-state index in [1.807, 2.05) is 32.0 Å². The fourth-order valence-corrected chi connectivity index (χ4v) is 2.69. The Kier molecular flexibility index (Phi) is 4.68. The van der Waals surface area contributed by atoms with Crippen LogP contribution >= 0.6 is 0 Å². The fraction of sp³-hybridized carbons (Fsp3) is 0.556. The molecule has 23 heavy (non-hydrogen) atoms. The van der Waals surface area contributed by atoms with Gasteiger partial charge >= 0.3 is 5.97 Å². The van der Waals surface area contributed by atoms with Gasteiger partial charge in [0.2, 0.25) is 0 Å². The Labute approximate surface area is 137 Å². The first-order chi connectivity index (χ1) is 10.7. The van der Waals surface area contributed by atoms with Crippen molar-refractivity contribution in [2.75, 3.05) is 4.90 Å². The van der Waals surface area contributed by atoms with Gasteiger partial charge in [0.15, 0.2) is 5.60 Å². The van der Waals surface area contributed by atoms with Crippen molar-refractivity contribution in [2.24, 2.45) is 0 Å². The summed E-state index contributed by atoms with van der Waals surface area (Å²) >= 11 is 0. The first kappa shape index (κ1) is 17.3. The molecule has 0 saturated carbocycles. The van der Waals surface area contributed by atoms with Crippen LogP contribution in [0.25, 0.3) is 0 Å². The van der Waals surface area contributed by atoms with Crippen molar-refractivity contribution in [2.45, 2.75) is 65.7 Å². The lowest BCUT2D eigenvalue weighted by Crippen LogP contribution is -2.58. The zero-order chi connectivity index (χ0) is 17.4. The molecule has 1 aromatic carbocycles. The highest BCUT2D eigenvalue weighted by Gasteiger charge is 2.45. The molecular weight excluding hydrogens is 294 g/mol. The maximum atomic E-state index is 12.9. The number of carbonyl (C=O) groups excluding carboxylic acids is 2. The number of hydrogen-bond acceptors (Lipinski definition) is 4. The van der Waals surface area contributed by atoms with E-state index < -0.39 is 11.6 Å². The molecule has 1 heterocycles. The quantitative estimate of drug-likeness (QED) is 0.800. The van der Waals surface area contributed by atoms with Gasteiger partial charge in [-0.1, -0.05) is 13.0 Å². The maximum absolute atomic E-state index is 12.9. The van der Waals surface area contributed by atoms with Crippen LogP contribution in [0.15, 0.2) is 18.2 Å². The van der Waals surface area contributed by atoms with Gasteiger partial charge in [0.1, 0.15) is 11.8 Å². The Hall–Kier alpha value is -2.04. The third-order valence-electron chi connectivity index (χ3n) is 3.80. The molecule has 0 saturated heterocycles. The van der Waals surface area contributed by atoms with Gasteiger partial charge in [0.25, 0.3) is 5.91 Å². The van der Waals surface area contributed by atoms with Crippen molar-refractivity contribution < 1.29 is 19.1 Å². The molecule has 5 heteroatoms. The van der Waals surface area contributed by atoms with Crippen LogP contribution in [0.1, 0.15) is 46.6 Å². The lowest BCUT2D eigenvalue weighted by Gasteiger charge is -2.41. The van der Waals surface area contributed by atoms with Gasteiger partial charge in [-0.15, -0.1) is 0 Å². The average molecular weight is 319 g/mol. The number of carbonyl (C=O) groups is 2. The van der Waals surface area contributed by atoms with Gasteiger partial charge < -0.3 is 9.47 Å². The smallest absolute Gasteiger partial charge is 0.329 e. The van der Waals surface area contributed by atoms with E-state index in [0.717, 1.165) is 5.56 Å². The van der Waals surface area contributed by atoms with E-state index in [-0.39, 0.29) is 18.0 Å². The molecule has 0 radical (unpaired) electrons. The zero-order valence-electron chi connectivity index (χ0n) is 14.7. The number of esters is 1. The van der Waals surface area contributed by atoms with E-state index in [1.54, 1.807) is 27.7 Å². The number of nitrogens with zero attached hydrogens (tertiary/aromatic N) is 1. The highest BCUT2D eigenvalue weighted by atomic mass is 16.5. The average Bonchev–Trinajstić information content (AvgIpc) is 2.43. The van der Waals surface area contributed by atoms with Crippen LogP contribution in [0.5, 0.6) is 5.75 Å². The summed E-state index contributed by atoms with van der Waals surface area (Å²) in [6, 6.07) is 4.98. The topological polar surface area (TPSA) is 55.8 Å². The molecule has 0 bridgehead atoms. The lowest BCUT2D eigenvalue weighted by atomic mass is 9.99. The van der Waals surface area contributed by atoms with Crippen molar-refractivity contribution in [3.63, 3.8) is 0 Å². The Morgan fingerprint density at radius 2 is 2.00 bits per heavy atom. The van der Waals surface area contributed by atoms with E-state index >= 15 is 0 Å². The monoisotopic (exact) mass is 319 g/mol. The number of ether oxygens (including phenoxy) is 2. The minimum atomic E-state index is -1.02. The molecule has 1 atom stereocenters. The lowest BCUT2D eigenvalue weighted by molar-refractivity contribution is -0.151. The molecule has 1 aromatic rings. The molecule has 0 spiro atoms. The fourth-order valence-electron chi connectivity index (χ4n) is 2.69. The SMILES string of the molecule is CCC(C(=O)OC(C)C)N1C(=O)C(C)(C)Oc2ccc(C)cc21. The van der Waals surface area contributed by atoms with Crippen molar-refractivity contribution in [1.29, 1.82) is 0 Å². The molecule has 126 valence electrons. The predicted octanol–water partition coefficient (Wildman–Crippen LogP) is 3.23. The second-order valence-electron chi connectivity index (χ2n) is 6.67. The standard InChI is InChI=1S/C18H25NO4/c1-7-13(16(20)22-11(2)3)19-14-10-12(4)8-9-15(14)23-18(5,6)17(19)21/h8-11,13H,7H2,1-6H3. The number of benzene rings is 1. The van der Waals surface area contributed by atoms with Gasteiger partial charge in [-0.25, -0.2) is 4.79 Å². The van der Waals surface area contributed by atoms with E-state index in [2.05, 4.69) is 0 Å². The Bertz CT molecular complexity index is 621. The van der Waals surface area contributed by atoms with Gasteiger partial charge in [-0.05, 0) is 58.7 Å². The van der Waals surface area contributed by atoms with Gasteiger partial charge in [0.05, 0.1) is 11.8 Å². The van der Waals surface area contributed by atoms with Crippen molar-refractivity contribution in [1.82, 2.24) is 0 Å². The zero-order valence-corrected chi connectivity index (χ0v) is 14.7. The molecule has 1 aliphatic heterocycles. The molecule has 1 aliphatic rings. The van der Waals surface area contributed by atoms with Gasteiger partial charge in [-0.2, -0.15) is 0 Å². The third-order valence-corrected chi connectivity index (χ3v) is 3.80. The normalized spacial score (nSPS) is 17.5. The van der Waals surface area contributed by atoms with Crippen LogP contribution in [0.4, 0.5) is 5.69 Å². The summed E-state index contributed by atoms with van der Waals surface area (Å²) < 4.78 is 11.2. The number of anilines is 1. The first-order valence-electron chi connectivity index (χ1n) is 8.01. The maximum Gasteiger partial charge on any atom is 0.329 e. The van der Waals surface area contributed by atoms with E-state index in [4.69, 9.17) is 9.47 Å². The second kappa shape index (κ2) is 6.22. The van der Waals surface area contributed by atoms with E-state index in [0.29, 0.717) is 17.9 Å². The molecule has 2 rings (SSSR count). The molecule has 0 aliphatic carbocycles. The summed E-state index contributed by atoms with van der Waals surface area (Å²) in [6.07, 6.45) is 0.249. The molecule has 0 fully saturated rings. The summed E-state index contributed by atoms with van der Waals surface area (Å²) in [5.74, 6) is -0.0137. The molecule has 0 N–H and O–H groups in total. The number of rotatable bonds is 4. The summed E-state index contributed by atoms with van der Waals surface area (Å²) in [6.45, 7) is 10.8. The number of hydrogen-bond donors (Lipinski definition) is 0. The summed E-state index contributed by atoms with van der Waals surface area (Å²) in [5.41, 5.74) is 0.604. The van der Waals surface area contributed by atoms with Crippen molar-refractivity contribution in [3.05, 3.63) is 23.8 Å². The highest BCUT2D eigenvalue weighted by Crippen LogP contribution is 2.40. The predicted molar refractivity (Wildman–Crippen MR) is 88.7 cm³/mol. The van der Waals surface area contributed by atoms with Crippen LogP contribution in [-0.2, 0) is 14.3 Å². The molecule has 1 unspecified atom stereocenters. The second-order valence-corrected chi connectivity index (χ2v) is 6.67. The summed E-state index contributed by atoms with van der Waals surface area (Å²) in [7, 11) is 0.